The third-order valence-corrected chi connectivity index (χ3v) is 2.54. The molecular weight excluding hydrogens is 218 g/mol. The van der Waals surface area contributed by atoms with Crippen LogP contribution in [0.15, 0.2) is 28.8 Å². The molecule has 0 bridgehead atoms. The predicted molar refractivity (Wildman–Crippen MR) is 64.2 cm³/mol. The number of rotatable bonds is 4. The lowest BCUT2D eigenvalue weighted by Gasteiger charge is -2.05. The van der Waals surface area contributed by atoms with Gasteiger partial charge in [0.05, 0.1) is 0 Å². The highest BCUT2D eigenvalue weighted by atomic mass is 16.5. The number of hydrogen-bond acceptors (Lipinski definition) is 5. The first kappa shape index (κ1) is 11.6. The van der Waals surface area contributed by atoms with E-state index in [9.17, 15) is 0 Å². The van der Waals surface area contributed by atoms with Crippen LogP contribution in [0, 0.1) is 0 Å². The molecule has 0 spiro atoms. The summed E-state index contributed by atoms with van der Waals surface area (Å²) < 4.78 is 10.4. The molecule has 5 heteroatoms. The third kappa shape index (κ3) is 2.45. The molecule has 2 N–H and O–H groups in total. The summed E-state index contributed by atoms with van der Waals surface area (Å²) in [4.78, 5) is 4.31. The summed E-state index contributed by atoms with van der Waals surface area (Å²) in [6.07, 6.45) is 0.679. The van der Waals surface area contributed by atoms with E-state index in [0.717, 1.165) is 12.0 Å². The SMILES string of the molecule is CCC(OC)c1noc(-c2ccc(N)cc2)n1. The molecular formula is C12H15N3O2. The highest BCUT2D eigenvalue weighted by Gasteiger charge is 2.16. The van der Waals surface area contributed by atoms with Gasteiger partial charge in [-0.3, -0.25) is 0 Å². The van der Waals surface area contributed by atoms with E-state index in [1.165, 1.54) is 0 Å². The summed E-state index contributed by atoms with van der Waals surface area (Å²) in [5, 5.41) is 3.91. The van der Waals surface area contributed by atoms with Crippen LogP contribution in [0.5, 0.6) is 0 Å². The van der Waals surface area contributed by atoms with Crippen molar-refractivity contribution in [3.8, 4) is 11.5 Å². The summed E-state index contributed by atoms with van der Waals surface area (Å²) in [5.74, 6) is 1.05. The monoisotopic (exact) mass is 233 g/mol. The Morgan fingerprint density at radius 3 is 2.65 bits per heavy atom. The molecule has 0 saturated heterocycles. The van der Waals surface area contributed by atoms with Gasteiger partial charge in [-0.2, -0.15) is 4.98 Å². The van der Waals surface area contributed by atoms with Gasteiger partial charge in [-0.05, 0) is 30.7 Å². The topological polar surface area (TPSA) is 74.2 Å². The van der Waals surface area contributed by atoms with E-state index >= 15 is 0 Å². The molecule has 0 aliphatic heterocycles. The Kier molecular flexibility index (Phi) is 3.39. The number of hydrogen-bond donors (Lipinski definition) is 1. The molecule has 2 rings (SSSR count). The molecule has 0 radical (unpaired) electrons. The van der Waals surface area contributed by atoms with Crippen LogP contribution in [-0.4, -0.2) is 17.3 Å². The van der Waals surface area contributed by atoms with E-state index < -0.39 is 0 Å². The largest absolute Gasteiger partial charge is 0.399 e. The van der Waals surface area contributed by atoms with Gasteiger partial charge < -0.3 is 15.0 Å². The molecule has 0 fully saturated rings. The Labute approximate surface area is 99.6 Å². The maximum atomic E-state index is 5.61. The lowest BCUT2D eigenvalue weighted by Crippen LogP contribution is -2.01. The van der Waals surface area contributed by atoms with E-state index in [2.05, 4.69) is 10.1 Å². The second-order valence-electron chi connectivity index (χ2n) is 3.71. The van der Waals surface area contributed by atoms with Gasteiger partial charge >= 0.3 is 0 Å². The van der Waals surface area contributed by atoms with Gasteiger partial charge in [0.1, 0.15) is 6.10 Å². The number of methoxy groups -OCH3 is 1. The molecule has 90 valence electrons. The minimum Gasteiger partial charge on any atom is -0.399 e. The van der Waals surface area contributed by atoms with Crippen molar-refractivity contribution in [3.63, 3.8) is 0 Å². The highest BCUT2D eigenvalue weighted by Crippen LogP contribution is 2.22. The average molecular weight is 233 g/mol. The number of aromatic nitrogens is 2. The zero-order valence-corrected chi connectivity index (χ0v) is 9.88. The van der Waals surface area contributed by atoms with Gasteiger partial charge in [-0.25, -0.2) is 0 Å². The van der Waals surface area contributed by atoms with E-state index in [4.69, 9.17) is 15.0 Å². The zero-order chi connectivity index (χ0) is 12.3. The molecule has 1 aromatic heterocycles. The van der Waals surface area contributed by atoms with Crippen molar-refractivity contribution in [2.24, 2.45) is 0 Å². The number of nitrogens with two attached hydrogens (primary N) is 1. The first-order chi connectivity index (χ1) is 8.24. The van der Waals surface area contributed by atoms with Crippen molar-refractivity contribution in [1.29, 1.82) is 0 Å². The Balaban J connectivity index is 2.26. The van der Waals surface area contributed by atoms with Crippen molar-refractivity contribution >= 4 is 5.69 Å². The highest BCUT2D eigenvalue weighted by molar-refractivity contribution is 5.56. The van der Waals surface area contributed by atoms with Gasteiger partial charge in [-0.15, -0.1) is 0 Å². The van der Waals surface area contributed by atoms with E-state index in [-0.39, 0.29) is 6.10 Å². The lowest BCUT2D eigenvalue weighted by molar-refractivity contribution is 0.0903. The molecule has 2 aromatic rings. The third-order valence-electron chi connectivity index (χ3n) is 2.54. The molecule has 1 aromatic carbocycles. The van der Waals surface area contributed by atoms with Crippen LogP contribution in [0.3, 0.4) is 0 Å². The molecule has 1 unspecified atom stereocenters. The number of nitrogen functional groups attached to an aromatic ring is 1. The summed E-state index contributed by atoms with van der Waals surface area (Å²) in [7, 11) is 1.63. The van der Waals surface area contributed by atoms with Gasteiger partial charge in [0.25, 0.3) is 5.89 Å². The van der Waals surface area contributed by atoms with Crippen LogP contribution >= 0.6 is 0 Å². The molecule has 1 atom stereocenters. The van der Waals surface area contributed by atoms with Crippen LogP contribution in [0.2, 0.25) is 0 Å². The van der Waals surface area contributed by atoms with Crippen LogP contribution < -0.4 is 5.73 Å². The fourth-order valence-electron chi connectivity index (χ4n) is 1.56. The first-order valence-electron chi connectivity index (χ1n) is 5.47. The normalized spacial score (nSPS) is 12.6. The average Bonchev–Trinajstić information content (AvgIpc) is 2.81. The van der Waals surface area contributed by atoms with Crippen LogP contribution in [0.1, 0.15) is 25.3 Å². The molecule has 0 aliphatic rings. The Hall–Kier alpha value is -1.88. The molecule has 17 heavy (non-hydrogen) atoms. The van der Waals surface area contributed by atoms with Crippen molar-refractivity contribution in [2.45, 2.75) is 19.4 Å². The predicted octanol–water partition coefficient (Wildman–Crippen LogP) is 2.42. The van der Waals surface area contributed by atoms with E-state index in [1.807, 2.05) is 19.1 Å². The fraction of sp³-hybridized carbons (Fsp3) is 0.333. The van der Waals surface area contributed by atoms with Gasteiger partial charge in [-0.1, -0.05) is 12.1 Å². The molecule has 0 amide bonds. The van der Waals surface area contributed by atoms with Crippen LogP contribution in [0.4, 0.5) is 5.69 Å². The minimum atomic E-state index is -0.124. The van der Waals surface area contributed by atoms with Crippen molar-refractivity contribution < 1.29 is 9.26 Å². The maximum absolute atomic E-state index is 5.61. The van der Waals surface area contributed by atoms with Crippen molar-refractivity contribution in [3.05, 3.63) is 30.1 Å². The first-order valence-corrected chi connectivity index (χ1v) is 5.47. The Morgan fingerprint density at radius 2 is 2.06 bits per heavy atom. The summed E-state index contributed by atoms with van der Waals surface area (Å²) in [6, 6.07) is 7.29. The number of benzene rings is 1. The molecule has 0 aliphatic carbocycles. The Morgan fingerprint density at radius 1 is 1.35 bits per heavy atom. The smallest absolute Gasteiger partial charge is 0.258 e. The van der Waals surface area contributed by atoms with Crippen LogP contribution in [-0.2, 0) is 4.74 Å². The summed E-state index contributed by atoms with van der Waals surface area (Å²) in [6.45, 7) is 2.01. The second-order valence-corrected chi connectivity index (χ2v) is 3.71. The number of nitrogens with zero attached hydrogens (tertiary/aromatic N) is 2. The Bertz CT molecular complexity index is 475. The summed E-state index contributed by atoms with van der Waals surface area (Å²) >= 11 is 0. The van der Waals surface area contributed by atoms with E-state index in [0.29, 0.717) is 17.4 Å². The number of ether oxygens (including phenoxy) is 1. The van der Waals surface area contributed by atoms with E-state index in [1.54, 1.807) is 19.2 Å². The summed E-state index contributed by atoms with van der Waals surface area (Å²) in [5.41, 5.74) is 7.17. The molecule has 0 saturated carbocycles. The molecule has 1 heterocycles. The minimum absolute atomic E-state index is 0.124. The maximum Gasteiger partial charge on any atom is 0.258 e. The van der Waals surface area contributed by atoms with Crippen molar-refractivity contribution in [2.75, 3.05) is 12.8 Å². The van der Waals surface area contributed by atoms with Gasteiger partial charge in [0, 0.05) is 18.4 Å². The standard InChI is InChI=1S/C12H15N3O2/c1-3-10(16-2)11-14-12(17-15-11)8-4-6-9(13)7-5-8/h4-7,10H,3,13H2,1-2H3. The quantitative estimate of drug-likeness (QED) is 0.821. The molecule has 5 nitrogen and oxygen atoms in total. The second kappa shape index (κ2) is 4.97. The zero-order valence-electron chi connectivity index (χ0n) is 9.88. The fourth-order valence-corrected chi connectivity index (χ4v) is 1.56. The number of anilines is 1. The van der Waals surface area contributed by atoms with Crippen molar-refractivity contribution in [1.82, 2.24) is 10.1 Å². The van der Waals surface area contributed by atoms with Gasteiger partial charge in [0.15, 0.2) is 0 Å². The van der Waals surface area contributed by atoms with Crippen LogP contribution in [0.25, 0.3) is 11.5 Å². The lowest BCUT2D eigenvalue weighted by atomic mass is 10.2. The van der Waals surface area contributed by atoms with Gasteiger partial charge in [0.2, 0.25) is 5.82 Å².